The SMILES string of the molecule is CC(C)(C)c1cc2cc(c1)C(C)(C)c1ccc3c(c1)C1(c4ccccc4-c4ccc(cc41)N2c1ccc2c(c1)-c1ccccc1C2(C)C)c1ccccc1-3. The van der Waals surface area contributed by atoms with E-state index in [2.05, 4.69) is 199 Å². The maximum atomic E-state index is 2.57. The molecule has 0 radical (unpaired) electrons. The smallest absolute Gasteiger partial charge is 0.0726 e. The molecule has 1 unspecified atom stereocenters. The van der Waals surface area contributed by atoms with E-state index in [0.29, 0.717) is 0 Å². The summed E-state index contributed by atoms with van der Waals surface area (Å²) in [5.74, 6) is 0. The zero-order chi connectivity index (χ0) is 36.9. The number of fused-ring (bicyclic) bond motifs is 11. The first-order chi connectivity index (χ1) is 25.9. The molecule has 54 heavy (non-hydrogen) atoms. The molecule has 6 bridgehead atoms. The van der Waals surface area contributed by atoms with Gasteiger partial charge in [-0.3, -0.25) is 0 Å². The monoisotopic (exact) mass is 695 g/mol. The Hall–Kier alpha value is -5.66. The van der Waals surface area contributed by atoms with Gasteiger partial charge in [-0.25, -0.2) is 0 Å². The minimum atomic E-state index is -0.421. The van der Waals surface area contributed by atoms with Crippen molar-refractivity contribution in [2.75, 3.05) is 4.90 Å². The van der Waals surface area contributed by atoms with Crippen LogP contribution in [0.1, 0.15) is 98.5 Å². The van der Waals surface area contributed by atoms with Crippen molar-refractivity contribution in [3.05, 3.63) is 196 Å². The summed E-state index contributed by atoms with van der Waals surface area (Å²) in [6.07, 6.45) is 0. The van der Waals surface area contributed by atoms with Crippen LogP contribution in [-0.2, 0) is 21.7 Å². The van der Waals surface area contributed by atoms with Gasteiger partial charge in [-0.05, 0) is 125 Å². The zero-order valence-corrected chi connectivity index (χ0v) is 32.3. The van der Waals surface area contributed by atoms with Crippen molar-refractivity contribution in [1.82, 2.24) is 0 Å². The molecule has 0 saturated heterocycles. The van der Waals surface area contributed by atoms with Gasteiger partial charge in [-0.15, -0.1) is 0 Å². The summed E-state index contributed by atoms with van der Waals surface area (Å²) in [7, 11) is 0. The van der Waals surface area contributed by atoms with Crippen molar-refractivity contribution in [1.29, 1.82) is 0 Å². The summed E-state index contributed by atoms with van der Waals surface area (Å²) in [6.45, 7) is 16.6. The fraction of sp³-hybridized carbons (Fsp3) is 0.208. The minimum Gasteiger partial charge on any atom is -0.310 e. The first-order valence-corrected chi connectivity index (χ1v) is 19.6. The van der Waals surface area contributed by atoms with Crippen LogP contribution in [0.4, 0.5) is 17.1 Å². The van der Waals surface area contributed by atoms with Crippen molar-refractivity contribution >= 4 is 17.1 Å². The van der Waals surface area contributed by atoms with E-state index in [1.54, 1.807) is 0 Å². The van der Waals surface area contributed by atoms with Gasteiger partial charge < -0.3 is 4.90 Å². The van der Waals surface area contributed by atoms with Gasteiger partial charge in [0.05, 0.1) is 5.41 Å². The number of hydrogen-bond acceptors (Lipinski definition) is 1. The summed E-state index contributed by atoms with van der Waals surface area (Å²) in [5.41, 5.74) is 23.1. The molecule has 262 valence electrons. The van der Waals surface area contributed by atoms with Crippen molar-refractivity contribution in [2.45, 2.75) is 70.1 Å². The van der Waals surface area contributed by atoms with Gasteiger partial charge >= 0.3 is 0 Å². The molecule has 0 amide bonds. The van der Waals surface area contributed by atoms with Gasteiger partial charge in [0.1, 0.15) is 0 Å². The second-order valence-electron chi connectivity index (χ2n) is 18.2. The molecule has 0 N–H and O–H groups in total. The van der Waals surface area contributed by atoms with Gasteiger partial charge in [-0.2, -0.15) is 0 Å². The predicted octanol–water partition coefficient (Wildman–Crippen LogP) is 13.7. The van der Waals surface area contributed by atoms with E-state index in [0.717, 1.165) is 0 Å². The number of nitrogens with zero attached hydrogens (tertiary/aromatic N) is 1. The first kappa shape index (κ1) is 31.8. The number of anilines is 3. The molecule has 0 aromatic heterocycles. The fourth-order valence-electron chi connectivity index (χ4n) is 10.7. The van der Waals surface area contributed by atoms with Gasteiger partial charge in [-0.1, -0.05) is 158 Å². The third kappa shape index (κ3) is 3.90. The highest BCUT2D eigenvalue weighted by Crippen LogP contribution is 2.64. The Bertz CT molecular complexity index is 2760. The maximum absolute atomic E-state index is 2.57. The lowest BCUT2D eigenvalue weighted by molar-refractivity contribution is 0.582. The van der Waals surface area contributed by atoms with Gasteiger partial charge in [0, 0.05) is 27.9 Å². The zero-order valence-electron chi connectivity index (χ0n) is 32.3. The number of rotatable bonds is 1. The van der Waals surface area contributed by atoms with E-state index in [9.17, 15) is 0 Å². The van der Waals surface area contributed by atoms with Crippen molar-refractivity contribution in [2.24, 2.45) is 0 Å². The minimum absolute atomic E-state index is 0.0429. The molecule has 4 aliphatic rings. The molecule has 1 aliphatic heterocycles. The third-order valence-corrected chi connectivity index (χ3v) is 13.6. The number of benzene rings is 7. The van der Waals surface area contributed by atoms with Crippen LogP contribution in [0.5, 0.6) is 0 Å². The van der Waals surface area contributed by atoms with Gasteiger partial charge in [0.2, 0.25) is 0 Å². The molecule has 7 aromatic carbocycles. The van der Waals surface area contributed by atoms with Crippen LogP contribution in [0.15, 0.2) is 146 Å². The molecule has 1 atom stereocenters. The van der Waals surface area contributed by atoms with Gasteiger partial charge in [0.15, 0.2) is 0 Å². The van der Waals surface area contributed by atoms with Crippen LogP contribution in [0.3, 0.4) is 0 Å². The van der Waals surface area contributed by atoms with Crippen LogP contribution in [0.2, 0.25) is 0 Å². The molecule has 0 fully saturated rings. The third-order valence-electron chi connectivity index (χ3n) is 13.6. The van der Waals surface area contributed by atoms with Crippen molar-refractivity contribution in [3.8, 4) is 33.4 Å². The molecule has 3 aliphatic carbocycles. The molecule has 1 heterocycles. The molecular formula is C53H45N. The van der Waals surface area contributed by atoms with Crippen LogP contribution < -0.4 is 4.90 Å². The first-order valence-electron chi connectivity index (χ1n) is 19.6. The second kappa shape index (κ2) is 10.3. The Morgan fingerprint density at radius 2 is 0.889 bits per heavy atom. The van der Waals surface area contributed by atoms with Crippen LogP contribution in [0, 0.1) is 0 Å². The Morgan fingerprint density at radius 1 is 0.370 bits per heavy atom. The average Bonchev–Trinajstić information content (AvgIpc) is 3.72. The van der Waals surface area contributed by atoms with Crippen LogP contribution in [-0.4, -0.2) is 0 Å². The van der Waals surface area contributed by atoms with Gasteiger partial charge in [0.25, 0.3) is 0 Å². The second-order valence-corrected chi connectivity index (χ2v) is 18.2. The largest absolute Gasteiger partial charge is 0.310 e. The van der Waals surface area contributed by atoms with E-state index in [1.807, 2.05) is 0 Å². The predicted molar refractivity (Wildman–Crippen MR) is 226 cm³/mol. The topological polar surface area (TPSA) is 3.24 Å². The summed E-state index contributed by atoms with van der Waals surface area (Å²) in [6, 6.07) is 56.7. The lowest BCUT2D eigenvalue weighted by atomic mass is 9.68. The van der Waals surface area contributed by atoms with E-state index in [4.69, 9.17) is 0 Å². The Kier molecular flexibility index (Phi) is 6.07. The van der Waals surface area contributed by atoms with E-state index in [1.165, 1.54) is 101 Å². The summed E-state index contributed by atoms with van der Waals surface area (Å²) >= 11 is 0. The highest BCUT2D eigenvalue weighted by Gasteiger charge is 2.52. The molecule has 1 heteroatoms. The molecule has 0 saturated carbocycles. The summed E-state index contributed by atoms with van der Waals surface area (Å²) in [4.78, 5) is 2.55. The lowest BCUT2D eigenvalue weighted by Gasteiger charge is -2.36. The lowest BCUT2D eigenvalue weighted by Crippen LogP contribution is -2.28. The Labute approximate surface area is 320 Å². The van der Waals surface area contributed by atoms with Crippen LogP contribution >= 0.6 is 0 Å². The standard InChI is InChI=1S/C53H45N/c1-50(2,3)33-26-34-28-37(27-33)54(35-22-25-45-43(30-35)40-16-8-11-17-44(40)52(45,6)7)36-21-24-42-39-15-10-13-19-47(39)53(49(42)31-36)46-18-12-9-14-38(46)41-23-20-32(29-48(41)53)51(34,4)5/h8-31H,1-7H3. The quantitative estimate of drug-likeness (QED) is 0.165. The molecule has 1 spiro atoms. The Morgan fingerprint density at radius 3 is 1.56 bits per heavy atom. The molecule has 7 aromatic rings. The van der Waals surface area contributed by atoms with E-state index in [-0.39, 0.29) is 16.2 Å². The fourth-order valence-corrected chi connectivity index (χ4v) is 10.7. The average molecular weight is 696 g/mol. The summed E-state index contributed by atoms with van der Waals surface area (Å²) < 4.78 is 0. The van der Waals surface area contributed by atoms with Crippen molar-refractivity contribution in [3.63, 3.8) is 0 Å². The van der Waals surface area contributed by atoms with E-state index < -0.39 is 5.41 Å². The molecule has 1 nitrogen and oxygen atoms in total. The number of hydrogen-bond donors (Lipinski definition) is 0. The molecular weight excluding hydrogens is 651 g/mol. The normalized spacial score (nSPS) is 18.6. The summed E-state index contributed by atoms with van der Waals surface area (Å²) in [5, 5.41) is 0. The van der Waals surface area contributed by atoms with Crippen LogP contribution in [0.25, 0.3) is 33.4 Å². The highest BCUT2D eigenvalue weighted by molar-refractivity contribution is 5.97. The molecule has 11 rings (SSSR count). The Balaban J connectivity index is 1.28. The highest BCUT2D eigenvalue weighted by atomic mass is 15.1. The maximum Gasteiger partial charge on any atom is 0.0726 e. The van der Waals surface area contributed by atoms with Crippen molar-refractivity contribution < 1.29 is 0 Å². The van der Waals surface area contributed by atoms with E-state index >= 15 is 0 Å².